The van der Waals surface area contributed by atoms with Gasteiger partial charge in [-0.2, -0.15) is 13.2 Å². The van der Waals surface area contributed by atoms with E-state index in [1.54, 1.807) is 18.2 Å². The summed E-state index contributed by atoms with van der Waals surface area (Å²) in [7, 11) is 0. The average Bonchev–Trinajstić information content (AvgIpc) is 4.08. The molecular formula is C73H49F3N4. The summed E-state index contributed by atoms with van der Waals surface area (Å²) in [6, 6.07) is 74.7. The fraction of sp³-hybridized carbons (Fsp3) is 0.0685. The molecule has 7 heteroatoms. The average molecular weight is 1040 g/mol. The van der Waals surface area contributed by atoms with Crippen LogP contribution in [0.15, 0.2) is 224 Å². The summed E-state index contributed by atoms with van der Waals surface area (Å²) in [5.41, 5.74) is 18.7. The predicted molar refractivity (Wildman–Crippen MR) is 324 cm³/mol. The maximum atomic E-state index is 15.6. The Morgan fingerprint density at radius 1 is 0.325 bits per heavy atom. The van der Waals surface area contributed by atoms with E-state index in [2.05, 4.69) is 216 Å². The first-order valence-corrected chi connectivity index (χ1v) is 26.5. The largest absolute Gasteiger partial charge is 0.415 e. The number of benzene rings is 11. The molecule has 0 saturated heterocycles. The zero-order chi connectivity index (χ0) is 55.0. The minimum atomic E-state index is -4.80. The molecule has 13 aromatic rings. The molecule has 0 saturated carbocycles. The molecule has 0 unspecified atom stereocenters. The van der Waals surface area contributed by atoms with Crippen LogP contribution in [0, 0.1) is 40.8 Å². The van der Waals surface area contributed by atoms with Gasteiger partial charge in [-0.25, -0.2) is 9.69 Å². The molecule has 0 amide bonds. The van der Waals surface area contributed by atoms with E-state index in [-0.39, 0.29) is 11.3 Å². The third-order valence-corrected chi connectivity index (χ3v) is 15.6. The number of hydrogen-bond acceptors (Lipinski definition) is 0. The molecule has 4 nitrogen and oxygen atoms in total. The summed E-state index contributed by atoms with van der Waals surface area (Å²) in [6.45, 7) is 24.5. The van der Waals surface area contributed by atoms with Gasteiger partial charge in [-0.15, -0.1) is 0 Å². The van der Waals surface area contributed by atoms with Gasteiger partial charge in [-0.05, 0) is 173 Å². The Labute approximate surface area is 462 Å². The van der Waals surface area contributed by atoms with E-state index in [4.69, 9.17) is 13.1 Å². The van der Waals surface area contributed by atoms with E-state index in [0.29, 0.717) is 33.8 Å². The molecule has 80 heavy (non-hydrogen) atoms. The minimum absolute atomic E-state index is 0.0776. The molecule has 0 fully saturated rings. The fourth-order valence-corrected chi connectivity index (χ4v) is 11.8. The van der Waals surface area contributed by atoms with E-state index in [0.717, 1.165) is 116 Å². The molecule has 0 radical (unpaired) electrons. The Morgan fingerprint density at radius 3 is 1.10 bits per heavy atom. The number of halogens is 3. The van der Waals surface area contributed by atoms with Crippen LogP contribution in [0.25, 0.3) is 131 Å². The summed E-state index contributed by atoms with van der Waals surface area (Å²) < 4.78 is 51.1. The van der Waals surface area contributed by atoms with Crippen LogP contribution in [0.5, 0.6) is 0 Å². The van der Waals surface area contributed by atoms with Crippen molar-refractivity contribution in [1.82, 2.24) is 9.13 Å². The van der Waals surface area contributed by atoms with Crippen molar-refractivity contribution >= 4 is 55.0 Å². The van der Waals surface area contributed by atoms with E-state index >= 15 is 13.2 Å². The lowest BCUT2D eigenvalue weighted by Gasteiger charge is -2.21. The summed E-state index contributed by atoms with van der Waals surface area (Å²) >= 11 is 0. The van der Waals surface area contributed by atoms with E-state index in [1.165, 1.54) is 12.1 Å². The van der Waals surface area contributed by atoms with Gasteiger partial charge >= 0.3 is 6.18 Å². The molecule has 13 rings (SSSR count). The van der Waals surface area contributed by atoms with Crippen molar-refractivity contribution in [1.29, 1.82) is 0 Å². The standard InChI is InChI=1S/C73H49F3N4/c1-44-11-7-15-48(33-44)52-19-28-68-62(37-52)63-38-53(49-16-8-12-45(2)34-49)20-29-69(63)79(68)58-25-27-59(60-26-23-57(78-6)42-67(60)73(74,75)76)61(43-58)66-41-56(77-5)24-32-72(66)80-70-30-21-54(50-17-9-13-46(3)35-50)39-64(70)65-40-55(22-31-71(65)80)51-18-10-14-47(4)36-51/h7-43H,1-4H3. The highest BCUT2D eigenvalue weighted by Gasteiger charge is 2.35. The SMILES string of the molecule is [C-]#[N+]c1ccc(-n2c3ccc(-c4cccc(C)c4)cc3c3cc(-c4cccc(C)c4)ccc32)c(-c2cc(-n3c4ccc(-c5cccc(C)c5)cc4c4cc(-c5cccc(C)c5)ccc43)ccc2-c2ccc([N+]#[C-])cc2C(F)(F)F)c1. The molecule has 0 aliphatic carbocycles. The maximum Gasteiger partial charge on any atom is 0.415 e. The number of aromatic nitrogens is 2. The summed E-state index contributed by atoms with van der Waals surface area (Å²) in [6.07, 6.45) is -4.80. The summed E-state index contributed by atoms with van der Waals surface area (Å²) in [4.78, 5) is 7.37. The second-order valence-corrected chi connectivity index (χ2v) is 21.0. The number of alkyl halides is 3. The van der Waals surface area contributed by atoms with Crippen molar-refractivity contribution in [3.05, 3.63) is 275 Å². The van der Waals surface area contributed by atoms with Crippen LogP contribution >= 0.6 is 0 Å². The van der Waals surface area contributed by atoms with Crippen LogP contribution in [-0.4, -0.2) is 9.13 Å². The van der Waals surface area contributed by atoms with Crippen LogP contribution in [0.1, 0.15) is 27.8 Å². The zero-order valence-electron chi connectivity index (χ0n) is 44.3. The molecule has 0 aliphatic rings. The van der Waals surface area contributed by atoms with Gasteiger partial charge in [0.2, 0.25) is 0 Å². The molecule has 0 atom stereocenters. The molecule has 2 heterocycles. The van der Waals surface area contributed by atoms with Gasteiger partial charge in [0.25, 0.3) is 0 Å². The third-order valence-electron chi connectivity index (χ3n) is 15.6. The van der Waals surface area contributed by atoms with Crippen molar-refractivity contribution in [3.8, 4) is 78.1 Å². The second kappa shape index (κ2) is 19.4. The minimum Gasteiger partial charge on any atom is -0.309 e. The molecule has 0 aliphatic heterocycles. The Morgan fingerprint density at radius 2 is 0.700 bits per heavy atom. The van der Waals surface area contributed by atoms with E-state index in [1.807, 2.05) is 18.2 Å². The van der Waals surface area contributed by atoms with Crippen LogP contribution in [0.3, 0.4) is 0 Å². The first-order chi connectivity index (χ1) is 38.8. The number of fused-ring (bicyclic) bond motifs is 6. The van der Waals surface area contributed by atoms with Gasteiger partial charge in [-0.1, -0.05) is 168 Å². The van der Waals surface area contributed by atoms with Gasteiger partial charge in [-0.3, -0.25) is 0 Å². The number of nitrogens with zero attached hydrogens (tertiary/aromatic N) is 4. The molecule has 2 aromatic heterocycles. The maximum absolute atomic E-state index is 15.6. The van der Waals surface area contributed by atoms with Gasteiger partial charge < -0.3 is 9.13 Å². The van der Waals surface area contributed by atoms with Crippen LogP contribution < -0.4 is 0 Å². The normalized spacial score (nSPS) is 11.7. The number of aryl methyl sites for hydroxylation is 4. The molecule has 382 valence electrons. The highest BCUT2D eigenvalue weighted by molar-refractivity contribution is 6.14. The fourth-order valence-electron chi connectivity index (χ4n) is 11.8. The molecule has 0 spiro atoms. The highest BCUT2D eigenvalue weighted by atomic mass is 19.4. The summed E-state index contributed by atoms with van der Waals surface area (Å²) in [5, 5.41) is 4.03. The van der Waals surface area contributed by atoms with Gasteiger partial charge in [0.1, 0.15) is 0 Å². The number of hydrogen-bond donors (Lipinski definition) is 0. The van der Waals surface area contributed by atoms with Crippen molar-refractivity contribution in [2.75, 3.05) is 0 Å². The molecule has 11 aromatic carbocycles. The Bertz CT molecular complexity index is 4580. The number of rotatable bonds is 8. The van der Waals surface area contributed by atoms with Crippen LogP contribution in [-0.2, 0) is 6.18 Å². The molecule has 0 N–H and O–H groups in total. The lowest BCUT2D eigenvalue weighted by atomic mass is 9.89. The summed E-state index contributed by atoms with van der Waals surface area (Å²) in [5.74, 6) is 0. The highest BCUT2D eigenvalue weighted by Crippen LogP contribution is 2.48. The van der Waals surface area contributed by atoms with E-state index < -0.39 is 11.7 Å². The zero-order valence-corrected chi connectivity index (χ0v) is 44.3. The smallest absolute Gasteiger partial charge is 0.309 e. The van der Waals surface area contributed by atoms with Gasteiger partial charge in [0, 0.05) is 27.2 Å². The Balaban J connectivity index is 1.11. The van der Waals surface area contributed by atoms with E-state index in [9.17, 15) is 0 Å². The lowest BCUT2D eigenvalue weighted by Crippen LogP contribution is -2.08. The lowest BCUT2D eigenvalue weighted by molar-refractivity contribution is -0.137. The topological polar surface area (TPSA) is 18.6 Å². The second-order valence-electron chi connectivity index (χ2n) is 21.0. The van der Waals surface area contributed by atoms with Crippen LogP contribution in [0.4, 0.5) is 24.5 Å². The van der Waals surface area contributed by atoms with Crippen LogP contribution in [0.2, 0.25) is 0 Å². The first-order valence-electron chi connectivity index (χ1n) is 26.5. The van der Waals surface area contributed by atoms with Crippen molar-refractivity contribution in [3.63, 3.8) is 0 Å². The quantitative estimate of drug-likeness (QED) is 0.135. The van der Waals surface area contributed by atoms with Crippen molar-refractivity contribution in [2.24, 2.45) is 0 Å². The Kier molecular flexibility index (Phi) is 11.9. The molecule has 0 bridgehead atoms. The monoisotopic (exact) mass is 1040 g/mol. The Hall–Kier alpha value is -10.2. The van der Waals surface area contributed by atoms with Crippen molar-refractivity contribution < 1.29 is 13.2 Å². The van der Waals surface area contributed by atoms with Crippen molar-refractivity contribution in [2.45, 2.75) is 33.9 Å². The first kappa shape index (κ1) is 49.4. The van der Waals surface area contributed by atoms with Gasteiger partial charge in [0.15, 0.2) is 11.4 Å². The molecular weight excluding hydrogens is 990 g/mol. The third kappa shape index (κ3) is 8.67. The predicted octanol–water partition coefficient (Wildman–Crippen LogP) is 21.2. The van der Waals surface area contributed by atoms with Gasteiger partial charge in [0.05, 0.1) is 46.5 Å².